The SMILES string of the molecule is CCC(CC)C(C)NS(=O)(=O)c1ccc(C)c(C(=O)O)c1. The van der Waals surface area contributed by atoms with Gasteiger partial charge in [-0.15, -0.1) is 0 Å². The monoisotopic (exact) mass is 313 g/mol. The van der Waals surface area contributed by atoms with E-state index in [1.165, 1.54) is 18.2 Å². The van der Waals surface area contributed by atoms with Crippen LogP contribution in [0.1, 0.15) is 49.5 Å². The maximum Gasteiger partial charge on any atom is 0.335 e. The molecule has 21 heavy (non-hydrogen) atoms. The summed E-state index contributed by atoms with van der Waals surface area (Å²) in [7, 11) is -3.71. The number of sulfonamides is 1. The van der Waals surface area contributed by atoms with Gasteiger partial charge < -0.3 is 5.11 Å². The van der Waals surface area contributed by atoms with Crippen LogP contribution in [0, 0.1) is 12.8 Å². The fraction of sp³-hybridized carbons (Fsp3) is 0.533. The zero-order valence-electron chi connectivity index (χ0n) is 12.9. The molecule has 0 fully saturated rings. The highest BCUT2D eigenvalue weighted by Crippen LogP contribution is 2.19. The minimum absolute atomic E-state index is 0.00746. The Bertz CT molecular complexity index is 606. The lowest BCUT2D eigenvalue weighted by atomic mass is 9.96. The van der Waals surface area contributed by atoms with Crippen LogP contribution < -0.4 is 4.72 Å². The molecule has 0 saturated heterocycles. The van der Waals surface area contributed by atoms with E-state index in [1.807, 2.05) is 20.8 Å². The molecule has 0 radical (unpaired) electrons. The van der Waals surface area contributed by atoms with Crippen LogP contribution in [-0.4, -0.2) is 25.5 Å². The number of nitrogens with one attached hydrogen (secondary N) is 1. The molecule has 0 aliphatic rings. The van der Waals surface area contributed by atoms with Gasteiger partial charge in [0.05, 0.1) is 10.5 Å². The van der Waals surface area contributed by atoms with Crippen molar-refractivity contribution in [1.29, 1.82) is 0 Å². The summed E-state index contributed by atoms with van der Waals surface area (Å²) in [5.74, 6) is -0.873. The Morgan fingerprint density at radius 3 is 2.33 bits per heavy atom. The quantitative estimate of drug-likeness (QED) is 0.811. The fourth-order valence-corrected chi connectivity index (χ4v) is 3.74. The minimum atomic E-state index is -3.71. The molecule has 0 aliphatic carbocycles. The molecule has 0 aliphatic heterocycles. The van der Waals surface area contributed by atoms with Crippen molar-refractivity contribution in [1.82, 2.24) is 4.72 Å². The highest BCUT2D eigenvalue weighted by Gasteiger charge is 2.23. The van der Waals surface area contributed by atoms with Gasteiger partial charge in [-0.05, 0) is 37.5 Å². The molecular weight excluding hydrogens is 290 g/mol. The predicted molar refractivity (Wildman–Crippen MR) is 82.0 cm³/mol. The third-order valence-corrected chi connectivity index (χ3v) is 5.40. The molecule has 2 N–H and O–H groups in total. The molecule has 1 atom stereocenters. The Balaban J connectivity index is 3.09. The molecule has 0 bridgehead atoms. The van der Waals surface area contributed by atoms with Gasteiger partial charge in [-0.2, -0.15) is 0 Å². The maximum absolute atomic E-state index is 12.4. The summed E-state index contributed by atoms with van der Waals surface area (Å²) in [4.78, 5) is 11.1. The van der Waals surface area contributed by atoms with Crippen molar-refractivity contribution in [3.8, 4) is 0 Å². The van der Waals surface area contributed by atoms with Crippen molar-refractivity contribution < 1.29 is 18.3 Å². The van der Waals surface area contributed by atoms with E-state index in [0.29, 0.717) is 5.56 Å². The van der Waals surface area contributed by atoms with Gasteiger partial charge in [-0.1, -0.05) is 32.8 Å². The highest BCUT2D eigenvalue weighted by atomic mass is 32.2. The van der Waals surface area contributed by atoms with Crippen molar-refractivity contribution in [3.63, 3.8) is 0 Å². The molecule has 0 spiro atoms. The van der Waals surface area contributed by atoms with Crippen LogP contribution in [-0.2, 0) is 10.0 Å². The number of hydrogen-bond acceptors (Lipinski definition) is 3. The van der Waals surface area contributed by atoms with Gasteiger partial charge in [0, 0.05) is 6.04 Å². The zero-order chi connectivity index (χ0) is 16.2. The fourth-order valence-electron chi connectivity index (χ4n) is 2.40. The van der Waals surface area contributed by atoms with E-state index in [9.17, 15) is 13.2 Å². The van der Waals surface area contributed by atoms with Crippen LogP contribution in [0.4, 0.5) is 0 Å². The van der Waals surface area contributed by atoms with Crippen molar-refractivity contribution in [3.05, 3.63) is 29.3 Å². The van der Waals surface area contributed by atoms with E-state index in [2.05, 4.69) is 4.72 Å². The second kappa shape index (κ2) is 7.04. The number of rotatable bonds is 7. The third-order valence-electron chi connectivity index (χ3n) is 3.85. The van der Waals surface area contributed by atoms with Crippen molar-refractivity contribution >= 4 is 16.0 Å². The summed E-state index contributed by atoms with van der Waals surface area (Å²) in [6, 6.07) is 3.96. The molecule has 118 valence electrons. The Morgan fingerprint density at radius 1 is 1.29 bits per heavy atom. The van der Waals surface area contributed by atoms with E-state index < -0.39 is 16.0 Å². The second-order valence-electron chi connectivity index (χ2n) is 5.27. The first kappa shape index (κ1) is 17.7. The average Bonchev–Trinajstić information content (AvgIpc) is 2.39. The van der Waals surface area contributed by atoms with Crippen molar-refractivity contribution in [2.75, 3.05) is 0 Å². The van der Waals surface area contributed by atoms with E-state index in [4.69, 9.17) is 5.11 Å². The van der Waals surface area contributed by atoms with Crippen LogP contribution in [0.25, 0.3) is 0 Å². The highest BCUT2D eigenvalue weighted by molar-refractivity contribution is 7.89. The molecule has 5 nitrogen and oxygen atoms in total. The minimum Gasteiger partial charge on any atom is -0.478 e. The molecule has 0 saturated carbocycles. The Hall–Kier alpha value is -1.40. The van der Waals surface area contributed by atoms with Crippen LogP contribution in [0.15, 0.2) is 23.1 Å². The third kappa shape index (κ3) is 4.28. The summed E-state index contributed by atoms with van der Waals surface area (Å²) >= 11 is 0. The number of carboxylic acids is 1. The molecule has 1 rings (SSSR count). The molecular formula is C15H23NO4S. The zero-order valence-corrected chi connectivity index (χ0v) is 13.7. The largest absolute Gasteiger partial charge is 0.478 e. The van der Waals surface area contributed by atoms with E-state index in [1.54, 1.807) is 6.92 Å². The lowest BCUT2D eigenvalue weighted by Crippen LogP contribution is -2.37. The van der Waals surface area contributed by atoms with E-state index in [-0.39, 0.29) is 22.4 Å². The van der Waals surface area contributed by atoms with Gasteiger partial charge in [-0.25, -0.2) is 17.9 Å². The summed E-state index contributed by atoms with van der Waals surface area (Å²) in [5, 5.41) is 9.09. The summed E-state index contributed by atoms with van der Waals surface area (Å²) < 4.78 is 27.4. The van der Waals surface area contributed by atoms with Gasteiger partial charge in [0.2, 0.25) is 10.0 Å². The second-order valence-corrected chi connectivity index (χ2v) is 6.98. The topological polar surface area (TPSA) is 83.5 Å². The molecule has 0 aromatic heterocycles. The number of aromatic carboxylic acids is 1. The van der Waals surface area contributed by atoms with E-state index >= 15 is 0 Å². The number of hydrogen-bond donors (Lipinski definition) is 2. The first-order chi connectivity index (χ1) is 9.72. The van der Waals surface area contributed by atoms with Crippen LogP contribution in [0.3, 0.4) is 0 Å². The van der Waals surface area contributed by atoms with Gasteiger partial charge in [-0.3, -0.25) is 0 Å². The Morgan fingerprint density at radius 2 is 1.86 bits per heavy atom. The number of benzene rings is 1. The maximum atomic E-state index is 12.4. The standard InChI is InChI=1S/C15H23NO4S/c1-5-12(6-2)11(4)16-21(19,20)13-8-7-10(3)14(9-13)15(17)18/h7-9,11-12,16H,5-6H2,1-4H3,(H,17,18). The molecule has 0 heterocycles. The first-order valence-electron chi connectivity index (χ1n) is 7.09. The normalized spacial score (nSPS) is 13.4. The van der Waals surface area contributed by atoms with Gasteiger partial charge in [0.15, 0.2) is 0 Å². The average molecular weight is 313 g/mol. The lowest BCUT2D eigenvalue weighted by molar-refractivity contribution is 0.0696. The van der Waals surface area contributed by atoms with E-state index in [0.717, 1.165) is 12.8 Å². The van der Waals surface area contributed by atoms with Crippen LogP contribution in [0.2, 0.25) is 0 Å². The number of aryl methyl sites for hydroxylation is 1. The first-order valence-corrected chi connectivity index (χ1v) is 8.57. The molecule has 1 aromatic rings. The smallest absolute Gasteiger partial charge is 0.335 e. The van der Waals surface area contributed by atoms with Gasteiger partial charge >= 0.3 is 5.97 Å². The van der Waals surface area contributed by atoms with Gasteiger partial charge in [0.1, 0.15) is 0 Å². The number of carboxylic acid groups (broad SMARTS) is 1. The predicted octanol–water partition coefficient (Wildman–Crippen LogP) is 2.80. The Kier molecular flexibility index (Phi) is 5.92. The van der Waals surface area contributed by atoms with Crippen LogP contribution in [0.5, 0.6) is 0 Å². The molecule has 1 unspecified atom stereocenters. The Labute approximate surface area is 126 Å². The lowest BCUT2D eigenvalue weighted by Gasteiger charge is -2.22. The molecule has 6 heteroatoms. The number of carbonyl (C=O) groups is 1. The van der Waals surface area contributed by atoms with Crippen molar-refractivity contribution in [2.45, 2.75) is 51.5 Å². The van der Waals surface area contributed by atoms with Gasteiger partial charge in [0.25, 0.3) is 0 Å². The van der Waals surface area contributed by atoms with Crippen molar-refractivity contribution in [2.24, 2.45) is 5.92 Å². The van der Waals surface area contributed by atoms with Crippen LogP contribution >= 0.6 is 0 Å². The molecule has 1 aromatic carbocycles. The molecule has 0 amide bonds. The summed E-state index contributed by atoms with van der Waals surface area (Å²) in [6.45, 7) is 7.52. The summed E-state index contributed by atoms with van der Waals surface area (Å²) in [5.41, 5.74) is 0.544. The summed E-state index contributed by atoms with van der Waals surface area (Å²) in [6.07, 6.45) is 1.77.